The third-order valence-corrected chi connectivity index (χ3v) is 8.37. The van der Waals surface area contributed by atoms with Gasteiger partial charge in [-0.3, -0.25) is 9.59 Å². The molecule has 6 nitrogen and oxygen atoms in total. The number of hydrogen-bond acceptors (Lipinski definition) is 4. The molecule has 6 heteroatoms. The number of carbonyl (C=O) groups is 2. The molecule has 0 saturated carbocycles. The van der Waals surface area contributed by atoms with Crippen molar-refractivity contribution < 1.29 is 19.8 Å². The Morgan fingerprint density at radius 2 is 0.761 bits per heavy atom. The van der Waals surface area contributed by atoms with E-state index in [1.54, 1.807) is 0 Å². The van der Waals surface area contributed by atoms with Crippen LogP contribution in [0.4, 0.5) is 0 Å². The SMILES string of the molecule is C=C(C(=O)NCCCCCCNC(=O)C(=C)c1cc(C(C)(C)C)c(O)c(C(C)(C)C)c1)c1cc(C(C)(C)C)c(O)c(C(C)(C)C)c1. The van der Waals surface area contributed by atoms with E-state index in [-0.39, 0.29) is 45.0 Å². The average molecular weight is 633 g/mol. The van der Waals surface area contributed by atoms with E-state index in [1.165, 1.54) is 0 Å². The maximum atomic E-state index is 13.0. The Balaban J connectivity index is 1.89. The molecule has 0 aliphatic heterocycles. The lowest BCUT2D eigenvalue weighted by Crippen LogP contribution is -2.26. The van der Waals surface area contributed by atoms with Gasteiger partial charge in [0.2, 0.25) is 0 Å². The van der Waals surface area contributed by atoms with E-state index >= 15 is 0 Å². The second kappa shape index (κ2) is 14.5. The number of carbonyl (C=O) groups excluding carboxylic acids is 2. The lowest BCUT2D eigenvalue weighted by molar-refractivity contribution is -0.116. The zero-order valence-corrected chi connectivity index (χ0v) is 30.7. The van der Waals surface area contributed by atoms with Gasteiger partial charge < -0.3 is 20.8 Å². The summed E-state index contributed by atoms with van der Waals surface area (Å²) in [5.41, 5.74) is 4.24. The van der Waals surface area contributed by atoms with Crippen LogP contribution < -0.4 is 10.6 Å². The second-order valence-corrected chi connectivity index (χ2v) is 16.7. The third kappa shape index (κ3) is 9.98. The fourth-order valence-electron chi connectivity index (χ4n) is 5.39. The Morgan fingerprint density at radius 1 is 0.522 bits per heavy atom. The molecule has 0 radical (unpaired) electrons. The molecule has 254 valence electrons. The summed E-state index contributed by atoms with van der Waals surface area (Å²) in [5.74, 6) is 0.133. The molecule has 0 spiro atoms. The zero-order valence-electron chi connectivity index (χ0n) is 30.7. The molecule has 2 rings (SSSR count). The number of unbranched alkanes of at least 4 members (excludes halogenated alkanes) is 3. The maximum absolute atomic E-state index is 13.0. The molecule has 0 aliphatic rings. The molecule has 0 aromatic heterocycles. The molecule has 0 aliphatic carbocycles. The van der Waals surface area contributed by atoms with Crippen LogP contribution in [0.25, 0.3) is 11.1 Å². The van der Waals surface area contributed by atoms with E-state index in [9.17, 15) is 19.8 Å². The predicted molar refractivity (Wildman–Crippen MR) is 194 cm³/mol. The molecule has 46 heavy (non-hydrogen) atoms. The third-order valence-electron chi connectivity index (χ3n) is 8.37. The first kappa shape index (κ1) is 38.6. The largest absolute Gasteiger partial charge is 0.507 e. The van der Waals surface area contributed by atoms with E-state index in [1.807, 2.05) is 107 Å². The molecule has 0 unspecified atom stereocenters. The fraction of sp³-hybridized carbons (Fsp3) is 0.550. The number of phenols is 2. The highest BCUT2D eigenvalue weighted by Gasteiger charge is 2.29. The van der Waals surface area contributed by atoms with Crippen LogP contribution in [0.1, 0.15) is 142 Å². The van der Waals surface area contributed by atoms with Crippen LogP contribution in [-0.2, 0) is 31.2 Å². The van der Waals surface area contributed by atoms with Crippen LogP contribution in [0.15, 0.2) is 37.4 Å². The van der Waals surface area contributed by atoms with Crippen LogP contribution in [0.2, 0.25) is 0 Å². The van der Waals surface area contributed by atoms with Gasteiger partial charge in [-0.2, -0.15) is 0 Å². The van der Waals surface area contributed by atoms with Crippen LogP contribution >= 0.6 is 0 Å². The summed E-state index contributed by atoms with van der Waals surface area (Å²) in [4.78, 5) is 25.9. The Morgan fingerprint density at radius 3 is 0.978 bits per heavy atom. The zero-order chi connectivity index (χ0) is 35.4. The second-order valence-electron chi connectivity index (χ2n) is 16.7. The number of phenolic OH excluding ortho intramolecular Hbond substituents is 2. The molecular formula is C40H60N2O4. The molecule has 0 saturated heterocycles. The number of amides is 2. The first-order valence-electron chi connectivity index (χ1n) is 16.6. The summed E-state index contributed by atoms with van der Waals surface area (Å²) in [6, 6.07) is 7.52. The van der Waals surface area contributed by atoms with Gasteiger partial charge in [0.25, 0.3) is 11.8 Å². The number of nitrogens with one attached hydrogen (secondary N) is 2. The molecule has 0 heterocycles. The van der Waals surface area contributed by atoms with Crippen molar-refractivity contribution in [1.29, 1.82) is 0 Å². The number of hydrogen-bond donors (Lipinski definition) is 4. The Hall–Kier alpha value is -3.54. The van der Waals surface area contributed by atoms with Crippen LogP contribution in [0, 0.1) is 0 Å². The molecule has 2 aromatic rings. The van der Waals surface area contributed by atoms with Gasteiger partial charge in [-0.25, -0.2) is 0 Å². The quantitative estimate of drug-likeness (QED) is 0.147. The van der Waals surface area contributed by atoms with E-state index in [0.29, 0.717) is 24.2 Å². The van der Waals surface area contributed by atoms with Gasteiger partial charge >= 0.3 is 0 Å². The van der Waals surface area contributed by atoms with Crippen molar-refractivity contribution in [3.63, 3.8) is 0 Å². The summed E-state index contributed by atoms with van der Waals surface area (Å²) in [5, 5.41) is 28.0. The topological polar surface area (TPSA) is 98.7 Å². The molecule has 0 atom stereocenters. The van der Waals surface area contributed by atoms with Crippen molar-refractivity contribution in [2.24, 2.45) is 0 Å². The smallest absolute Gasteiger partial charge is 0.251 e. The first-order valence-corrected chi connectivity index (χ1v) is 16.6. The van der Waals surface area contributed by atoms with Crippen molar-refractivity contribution >= 4 is 23.0 Å². The van der Waals surface area contributed by atoms with E-state index in [0.717, 1.165) is 59.1 Å². The fourth-order valence-corrected chi connectivity index (χ4v) is 5.39. The summed E-state index contributed by atoms with van der Waals surface area (Å²) in [6.45, 7) is 33.8. The van der Waals surface area contributed by atoms with E-state index < -0.39 is 0 Å². The van der Waals surface area contributed by atoms with Crippen molar-refractivity contribution in [3.05, 3.63) is 70.8 Å². The van der Waals surface area contributed by atoms with Crippen LogP contribution in [0.5, 0.6) is 11.5 Å². The summed E-state index contributed by atoms with van der Waals surface area (Å²) < 4.78 is 0. The first-order chi connectivity index (χ1) is 20.9. The minimum atomic E-state index is -0.291. The van der Waals surface area contributed by atoms with Crippen molar-refractivity contribution in [3.8, 4) is 11.5 Å². The van der Waals surface area contributed by atoms with Crippen molar-refractivity contribution in [2.45, 2.75) is 130 Å². The monoisotopic (exact) mass is 632 g/mol. The van der Waals surface area contributed by atoms with Gasteiger partial charge in [0, 0.05) is 46.5 Å². The summed E-state index contributed by atoms with van der Waals surface area (Å²) >= 11 is 0. The lowest BCUT2D eigenvalue weighted by atomic mass is 9.77. The van der Waals surface area contributed by atoms with Gasteiger partial charge in [-0.15, -0.1) is 0 Å². The van der Waals surface area contributed by atoms with Crippen LogP contribution in [0.3, 0.4) is 0 Å². The minimum absolute atomic E-state index is 0.213. The summed E-state index contributed by atoms with van der Waals surface area (Å²) in [7, 11) is 0. The molecule has 2 amide bonds. The molecule has 2 aromatic carbocycles. The molecule has 0 bridgehead atoms. The maximum Gasteiger partial charge on any atom is 0.251 e. The predicted octanol–water partition coefficient (Wildman–Crippen LogP) is 8.81. The van der Waals surface area contributed by atoms with Gasteiger partial charge in [-0.1, -0.05) is 109 Å². The highest BCUT2D eigenvalue weighted by atomic mass is 16.3. The summed E-state index contributed by atoms with van der Waals surface area (Å²) in [6.07, 6.45) is 3.45. The standard InChI is InChI=1S/C40H60N2O4/c1-25(27-21-29(37(3,4)5)33(43)30(22-27)38(6,7)8)35(45)41-19-17-15-16-18-20-42-36(46)26(2)28-23-31(39(9,10)11)34(44)32(24-28)40(12,13)14/h21-24,43-44H,1-2,15-20H2,3-14H3,(H,41,45)(H,42,46). The highest BCUT2D eigenvalue weighted by molar-refractivity contribution is 6.19. The van der Waals surface area contributed by atoms with E-state index in [2.05, 4.69) is 23.8 Å². The lowest BCUT2D eigenvalue weighted by Gasteiger charge is -2.28. The highest BCUT2D eigenvalue weighted by Crippen LogP contribution is 2.42. The average Bonchev–Trinajstić information content (AvgIpc) is 2.91. The number of rotatable bonds is 11. The van der Waals surface area contributed by atoms with Gasteiger partial charge in [0.1, 0.15) is 11.5 Å². The normalized spacial score (nSPS) is 12.5. The Kier molecular flexibility index (Phi) is 12.2. The Bertz CT molecular complexity index is 1270. The van der Waals surface area contributed by atoms with Crippen molar-refractivity contribution in [1.82, 2.24) is 10.6 Å². The molecule has 4 N–H and O–H groups in total. The van der Waals surface area contributed by atoms with E-state index in [4.69, 9.17) is 0 Å². The minimum Gasteiger partial charge on any atom is -0.507 e. The van der Waals surface area contributed by atoms with Gasteiger partial charge in [0.05, 0.1) is 0 Å². The van der Waals surface area contributed by atoms with Crippen molar-refractivity contribution in [2.75, 3.05) is 13.1 Å². The molecular weight excluding hydrogens is 572 g/mol. The number of benzene rings is 2. The Labute approximate surface area is 278 Å². The van der Waals surface area contributed by atoms with Crippen LogP contribution in [-0.4, -0.2) is 35.1 Å². The van der Waals surface area contributed by atoms with Gasteiger partial charge in [0.15, 0.2) is 0 Å². The van der Waals surface area contributed by atoms with Gasteiger partial charge in [-0.05, 0) is 69.9 Å². The molecule has 0 fully saturated rings. The number of aromatic hydroxyl groups is 2.